The van der Waals surface area contributed by atoms with Crippen LogP contribution in [0.25, 0.3) is 10.4 Å². The lowest BCUT2D eigenvalue weighted by Crippen LogP contribution is -2.41. The molecule has 76 valence electrons. The Morgan fingerprint density at radius 2 is 2.40 bits per heavy atom. The van der Waals surface area contributed by atoms with Crippen LogP contribution in [0.15, 0.2) is 23.3 Å². The molecular weight excluding hydrogens is 194 g/mol. The number of fused-ring (bicyclic) bond motifs is 1. The van der Waals surface area contributed by atoms with Gasteiger partial charge in [-0.2, -0.15) is 0 Å². The molecule has 1 N–H and O–H groups in total. The molecule has 6 nitrogen and oxygen atoms in total. The number of carbonyl (C=O) groups excluding carboxylic acids is 1. The fourth-order valence-corrected chi connectivity index (χ4v) is 1.55. The number of nitrogens with zero attached hydrogens (tertiary/aromatic N) is 4. The van der Waals surface area contributed by atoms with Gasteiger partial charge in [0.05, 0.1) is 5.69 Å². The molecule has 0 fully saturated rings. The first-order valence-electron chi connectivity index (χ1n) is 4.42. The first-order valence-corrected chi connectivity index (χ1v) is 4.42. The van der Waals surface area contributed by atoms with E-state index in [-0.39, 0.29) is 6.03 Å². The number of azide groups is 1. The Hall–Kier alpha value is -2.20. The summed E-state index contributed by atoms with van der Waals surface area (Å²) in [5, 5.41) is 6.22. The molecular formula is C9H9N5O. The Kier molecular flexibility index (Phi) is 2.19. The summed E-state index contributed by atoms with van der Waals surface area (Å²) in [6.07, 6.45) is 0. The van der Waals surface area contributed by atoms with E-state index in [0.29, 0.717) is 12.2 Å². The van der Waals surface area contributed by atoms with Gasteiger partial charge in [0.15, 0.2) is 0 Å². The monoisotopic (exact) mass is 203 g/mol. The van der Waals surface area contributed by atoms with Gasteiger partial charge in [0.25, 0.3) is 0 Å². The summed E-state index contributed by atoms with van der Waals surface area (Å²) in [6, 6.07) is 5.11. The van der Waals surface area contributed by atoms with Crippen molar-refractivity contribution in [1.82, 2.24) is 5.32 Å². The molecule has 0 radical (unpaired) electrons. The predicted octanol–water partition coefficient (Wildman–Crippen LogP) is 2.29. The van der Waals surface area contributed by atoms with Crippen molar-refractivity contribution >= 4 is 17.4 Å². The molecule has 1 aliphatic rings. The third-order valence-corrected chi connectivity index (χ3v) is 2.32. The third kappa shape index (κ3) is 1.58. The highest BCUT2D eigenvalue weighted by Crippen LogP contribution is 2.27. The van der Waals surface area contributed by atoms with Crippen molar-refractivity contribution in [3.63, 3.8) is 0 Å². The van der Waals surface area contributed by atoms with Crippen molar-refractivity contribution in [3.8, 4) is 0 Å². The van der Waals surface area contributed by atoms with Crippen molar-refractivity contribution in [2.45, 2.75) is 6.54 Å². The van der Waals surface area contributed by atoms with Crippen LogP contribution in [0.3, 0.4) is 0 Å². The zero-order valence-corrected chi connectivity index (χ0v) is 8.14. The first kappa shape index (κ1) is 9.36. The summed E-state index contributed by atoms with van der Waals surface area (Å²) in [4.78, 5) is 15.5. The molecule has 2 rings (SSSR count). The van der Waals surface area contributed by atoms with E-state index in [4.69, 9.17) is 5.53 Å². The van der Waals surface area contributed by atoms with Crippen molar-refractivity contribution in [2.24, 2.45) is 5.11 Å². The molecule has 1 aromatic rings. The summed E-state index contributed by atoms with van der Waals surface area (Å²) in [7, 11) is 1.70. The van der Waals surface area contributed by atoms with Gasteiger partial charge in [-0.15, -0.1) is 0 Å². The van der Waals surface area contributed by atoms with Crippen molar-refractivity contribution in [1.29, 1.82) is 0 Å². The maximum atomic E-state index is 11.3. The van der Waals surface area contributed by atoms with Crippen LogP contribution in [0.4, 0.5) is 16.2 Å². The minimum atomic E-state index is -0.126. The van der Waals surface area contributed by atoms with E-state index >= 15 is 0 Å². The molecule has 0 bridgehead atoms. The van der Waals surface area contributed by atoms with E-state index in [1.54, 1.807) is 25.2 Å². The van der Waals surface area contributed by atoms with Crippen LogP contribution in [0.2, 0.25) is 0 Å². The van der Waals surface area contributed by atoms with E-state index in [0.717, 1.165) is 11.3 Å². The molecule has 2 amide bonds. The lowest BCUT2D eigenvalue weighted by atomic mass is 10.1. The number of anilines is 1. The molecule has 1 aliphatic heterocycles. The average Bonchev–Trinajstić information content (AvgIpc) is 2.24. The third-order valence-electron chi connectivity index (χ3n) is 2.32. The van der Waals surface area contributed by atoms with E-state index in [1.165, 1.54) is 4.90 Å². The van der Waals surface area contributed by atoms with Crippen LogP contribution in [-0.2, 0) is 6.54 Å². The van der Waals surface area contributed by atoms with Crippen LogP contribution < -0.4 is 10.2 Å². The lowest BCUT2D eigenvalue weighted by Gasteiger charge is -2.26. The molecule has 0 spiro atoms. The maximum absolute atomic E-state index is 11.3. The summed E-state index contributed by atoms with van der Waals surface area (Å²) in [5.74, 6) is 0. The Morgan fingerprint density at radius 1 is 1.60 bits per heavy atom. The van der Waals surface area contributed by atoms with Gasteiger partial charge in [0.1, 0.15) is 0 Å². The van der Waals surface area contributed by atoms with Crippen LogP contribution in [-0.4, -0.2) is 13.1 Å². The predicted molar refractivity (Wildman–Crippen MR) is 55.9 cm³/mol. The summed E-state index contributed by atoms with van der Waals surface area (Å²) in [6.45, 7) is 0.466. The fraction of sp³-hybridized carbons (Fsp3) is 0.222. The molecule has 1 aromatic carbocycles. The SMILES string of the molecule is CN1C(=O)NCc2cc(N=[N+]=[N-])ccc21. The number of amides is 2. The van der Waals surface area contributed by atoms with Gasteiger partial charge in [0, 0.05) is 24.2 Å². The summed E-state index contributed by atoms with van der Waals surface area (Å²) < 4.78 is 0. The maximum Gasteiger partial charge on any atom is 0.321 e. The minimum absolute atomic E-state index is 0.126. The molecule has 0 aromatic heterocycles. The van der Waals surface area contributed by atoms with E-state index in [1.807, 2.05) is 0 Å². The highest BCUT2D eigenvalue weighted by atomic mass is 16.2. The quantitative estimate of drug-likeness (QED) is 0.424. The molecule has 6 heteroatoms. The average molecular weight is 203 g/mol. The topological polar surface area (TPSA) is 81.1 Å². The van der Waals surface area contributed by atoms with Gasteiger partial charge >= 0.3 is 6.03 Å². The first-order chi connectivity index (χ1) is 7.22. The number of hydrogen-bond acceptors (Lipinski definition) is 2. The van der Waals surface area contributed by atoms with Crippen molar-refractivity contribution in [2.75, 3.05) is 11.9 Å². The second-order valence-electron chi connectivity index (χ2n) is 3.22. The van der Waals surface area contributed by atoms with Gasteiger partial charge in [-0.3, -0.25) is 4.90 Å². The molecule has 0 aliphatic carbocycles. The van der Waals surface area contributed by atoms with E-state index in [9.17, 15) is 4.79 Å². The lowest BCUT2D eigenvalue weighted by molar-refractivity contribution is 0.246. The Balaban J connectivity index is 2.46. The zero-order valence-electron chi connectivity index (χ0n) is 8.14. The largest absolute Gasteiger partial charge is 0.334 e. The molecule has 0 unspecified atom stereocenters. The van der Waals surface area contributed by atoms with E-state index < -0.39 is 0 Å². The van der Waals surface area contributed by atoms with Gasteiger partial charge in [-0.05, 0) is 23.2 Å². The minimum Gasteiger partial charge on any atom is -0.334 e. The van der Waals surface area contributed by atoms with Crippen LogP contribution in [0.5, 0.6) is 0 Å². The van der Waals surface area contributed by atoms with Crippen LogP contribution in [0.1, 0.15) is 5.56 Å². The highest BCUT2D eigenvalue weighted by Gasteiger charge is 2.19. The molecule has 0 saturated heterocycles. The fourth-order valence-electron chi connectivity index (χ4n) is 1.55. The zero-order chi connectivity index (χ0) is 10.8. The number of urea groups is 1. The van der Waals surface area contributed by atoms with Crippen molar-refractivity contribution < 1.29 is 4.79 Å². The molecule has 1 heterocycles. The second kappa shape index (κ2) is 3.51. The van der Waals surface area contributed by atoms with Gasteiger partial charge in [-0.1, -0.05) is 11.2 Å². The van der Waals surface area contributed by atoms with Crippen molar-refractivity contribution in [3.05, 3.63) is 34.2 Å². The molecule has 0 atom stereocenters. The normalized spacial score (nSPS) is 13.9. The Bertz CT molecular complexity index is 464. The number of rotatable bonds is 1. The Morgan fingerprint density at radius 3 is 3.13 bits per heavy atom. The van der Waals surface area contributed by atoms with Gasteiger partial charge in [0.2, 0.25) is 0 Å². The Labute approximate surface area is 86.1 Å². The number of carbonyl (C=O) groups is 1. The van der Waals surface area contributed by atoms with Crippen LogP contribution >= 0.6 is 0 Å². The smallest absolute Gasteiger partial charge is 0.321 e. The number of nitrogens with one attached hydrogen (secondary N) is 1. The summed E-state index contributed by atoms with van der Waals surface area (Å²) in [5.41, 5.74) is 10.6. The number of benzene rings is 1. The number of hydrogen-bond donors (Lipinski definition) is 1. The van der Waals surface area contributed by atoms with Crippen LogP contribution in [0, 0.1) is 0 Å². The summed E-state index contributed by atoms with van der Waals surface area (Å²) >= 11 is 0. The molecule has 15 heavy (non-hydrogen) atoms. The van der Waals surface area contributed by atoms with Gasteiger partial charge < -0.3 is 5.32 Å². The highest BCUT2D eigenvalue weighted by molar-refractivity contribution is 5.94. The van der Waals surface area contributed by atoms with Gasteiger partial charge in [-0.25, -0.2) is 4.79 Å². The molecule has 0 saturated carbocycles. The second-order valence-corrected chi connectivity index (χ2v) is 3.22. The van der Waals surface area contributed by atoms with E-state index in [2.05, 4.69) is 15.3 Å². The standard InChI is InChI=1S/C9H9N5O/c1-14-8-3-2-7(12-13-10)4-6(8)5-11-9(14)15/h2-4H,5H2,1H3,(H,11,15).